The number of anilines is 1. The van der Waals surface area contributed by atoms with Crippen LogP contribution in [-0.2, 0) is 0 Å². The Morgan fingerprint density at radius 2 is 1.83 bits per heavy atom. The van der Waals surface area contributed by atoms with Crippen molar-refractivity contribution >= 4 is 5.82 Å². The van der Waals surface area contributed by atoms with Gasteiger partial charge in [0.25, 0.3) is 0 Å². The van der Waals surface area contributed by atoms with E-state index in [2.05, 4.69) is 40.2 Å². The maximum atomic E-state index is 4.67. The molecule has 98 valence electrons. The molecule has 0 aromatic carbocycles. The lowest BCUT2D eigenvalue weighted by molar-refractivity contribution is 0.187. The van der Waals surface area contributed by atoms with Gasteiger partial charge in [0.15, 0.2) is 0 Å². The van der Waals surface area contributed by atoms with Crippen molar-refractivity contribution in [2.24, 2.45) is 0 Å². The topological polar surface area (TPSA) is 19.4 Å². The molecule has 3 heterocycles. The van der Waals surface area contributed by atoms with Gasteiger partial charge >= 0.3 is 0 Å². The fourth-order valence-electron chi connectivity index (χ4n) is 3.22. The lowest BCUT2D eigenvalue weighted by atomic mass is 9.97. The number of pyridine rings is 1. The van der Waals surface area contributed by atoms with Crippen LogP contribution in [0.3, 0.4) is 0 Å². The molecule has 0 bridgehead atoms. The van der Waals surface area contributed by atoms with Crippen LogP contribution >= 0.6 is 0 Å². The van der Waals surface area contributed by atoms with Crippen LogP contribution in [0.25, 0.3) is 0 Å². The Hall–Kier alpha value is -1.09. The summed E-state index contributed by atoms with van der Waals surface area (Å²) in [6, 6.07) is 5.08. The van der Waals surface area contributed by atoms with E-state index in [1.807, 2.05) is 0 Å². The molecule has 2 aliphatic heterocycles. The smallest absolute Gasteiger partial charge is 0.128 e. The molecule has 0 N–H and O–H groups in total. The predicted octanol–water partition coefficient (Wildman–Crippen LogP) is 2.84. The standard InChI is InChI=1S/C15H23N3/c1-17-9-3-2-6-14(17)13-7-8-15(16-12-13)18-10-4-5-11-18/h7-8,12,14H,2-6,9-11H2,1H3/t14-/m1/s1. The second kappa shape index (κ2) is 5.27. The molecule has 0 amide bonds. The van der Waals surface area contributed by atoms with Crippen LogP contribution in [0.4, 0.5) is 5.82 Å². The van der Waals surface area contributed by atoms with Crippen molar-refractivity contribution in [3.8, 4) is 0 Å². The first-order valence-corrected chi connectivity index (χ1v) is 7.26. The minimum Gasteiger partial charge on any atom is -0.357 e. The summed E-state index contributed by atoms with van der Waals surface area (Å²) in [6.45, 7) is 3.57. The van der Waals surface area contributed by atoms with Crippen molar-refractivity contribution in [3.05, 3.63) is 23.9 Å². The summed E-state index contributed by atoms with van der Waals surface area (Å²) in [6.07, 6.45) is 8.69. The van der Waals surface area contributed by atoms with E-state index in [1.165, 1.54) is 57.3 Å². The lowest BCUT2D eigenvalue weighted by Crippen LogP contribution is -2.29. The minimum atomic E-state index is 0.582. The van der Waals surface area contributed by atoms with Crippen molar-refractivity contribution in [1.82, 2.24) is 9.88 Å². The average molecular weight is 245 g/mol. The minimum absolute atomic E-state index is 0.582. The van der Waals surface area contributed by atoms with Crippen LogP contribution in [0, 0.1) is 0 Å². The van der Waals surface area contributed by atoms with Gasteiger partial charge in [-0.2, -0.15) is 0 Å². The van der Waals surface area contributed by atoms with Crippen LogP contribution in [0.1, 0.15) is 43.7 Å². The zero-order chi connectivity index (χ0) is 12.4. The third kappa shape index (κ3) is 2.37. The molecule has 3 heteroatoms. The number of hydrogen-bond acceptors (Lipinski definition) is 3. The zero-order valence-electron chi connectivity index (χ0n) is 11.3. The van der Waals surface area contributed by atoms with Crippen LogP contribution in [0.2, 0.25) is 0 Å². The summed E-state index contributed by atoms with van der Waals surface area (Å²) in [5.41, 5.74) is 1.39. The fourth-order valence-corrected chi connectivity index (χ4v) is 3.22. The molecule has 1 aromatic heterocycles. The normalized spacial score (nSPS) is 25.6. The highest BCUT2D eigenvalue weighted by atomic mass is 15.2. The van der Waals surface area contributed by atoms with Gasteiger partial charge in [-0.05, 0) is 50.9 Å². The van der Waals surface area contributed by atoms with E-state index in [9.17, 15) is 0 Å². The SMILES string of the molecule is CN1CCCC[C@@H]1c1ccc(N2CCCC2)nc1. The molecule has 3 nitrogen and oxygen atoms in total. The molecule has 0 saturated carbocycles. The van der Waals surface area contributed by atoms with E-state index in [0.29, 0.717) is 6.04 Å². The van der Waals surface area contributed by atoms with E-state index in [-0.39, 0.29) is 0 Å². The first-order chi connectivity index (χ1) is 8.84. The van der Waals surface area contributed by atoms with Crippen molar-refractivity contribution in [1.29, 1.82) is 0 Å². The van der Waals surface area contributed by atoms with Crippen LogP contribution in [0.5, 0.6) is 0 Å². The summed E-state index contributed by atoms with van der Waals surface area (Å²) in [5, 5.41) is 0. The molecule has 3 rings (SSSR count). The molecule has 1 aromatic rings. The van der Waals surface area contributed by atoms with Crippen molar-refractivity contribution in [2.75, 3.05) is 31.6 Å². The van der Waals surface area contributed by atoms with Gasteiger partial charge in [0.1, 0.15) is 5.82 Å². The largest absolute Gasteiger partial charge is 0.357 e. The van der Waals surface area contributed by atoms with Crippen molar-refractivity contribution in [2.45, 2.75) is 38.1 Å². The van der Waals surface area contributed by atoms with E-state index < -0.39 is 0 Å². The molecule has 0 spiro atoms. The Kier molecular flexibility index (Phi) is 3.50. The summed E-state index contributed by atoms with van der Waals surface area (Å²) < 4.78 is 0. The number of piperidine rings is 1. The van der Waals surface area contributed by atoms with E-state index in [1.54, 1.807) is 0 Å². The Balaban J connectivity index is 1.73. The third-order valence-electron chi connectivity index (χ3n) is 4.36. The highest BCUT2D eigenvalue weighted by Gasteiger charge is 2.21. The molecule has 2 aliphatic rings. The van der Waals surface area contributed by atoms with Crippen LogP contribution in [0.15, 0.2) is 18.3 Å². The van der Waals surface area contributed by atoms with Gasteiger partial charge < -0.3 is 4.90 Å². The molecule has 0 unspecified atom stereocenters. The second-order valence-electron chi connectivity index (χ2n) is 5.64. The predicted molar refractivity (Wildman–Crippen MR) is 74.9 cm³/mol. The summed E-state index contributed by atoms with van der Waals surface area (Å²) in [7, 11) is 2.23. The van der Waals surface area contributed by atoms with Crippen LogP contribution in [-0.4, -0.2) is 36.6 Å². The van der Waals surface area contributed by atoms with Gasteiger partial charge in [0.2, 0.25) is 0 Å². The van der Waals surface area contributed by atoms with Gasteiger partial charge in [-0.15, -0.1) is 0 Å². The monoisotopic (exact) mass is 245 g/mol. The first kappa shape index (κ1) is 12.0. The van der Waals surface area contributed by atoms with Crippen molar-refractivity contribution in [3.63, 3.8) is 0 Å². The third-order valence-corrected chi connectivity index (χ3v) is 4.36. The van der Waals surface area contributed by atoms with Gasteiger partial charge in [0, 0.05) is 25.3 Å². The number of hydrogen-bond donors (Lipinski definition) is 0. The lowest BCUT2D eigenvalue weighted by Gasteiger charge is -2.32. The summed E-state index contributed by atoms with van der Waals surface area (Å²) >= 11 is 0. The van der Waals surface area contributed by atoms with E-state index in [0.717, 1.165) is 5.82 Å². The Bertz CT molecular complexity index is 381. The van der Waals surface area contributed by atoms with Crippen molar-refractivity contribution < 1.29 is 0 Å². The number of aromatic nitrogens is 1. The summed E-state index contributed by atoms with van der Waals surface area (Å²) in [4.78, 5) is 9.54. The number of rotatable bonds is 2. The first-order valence-electron chi connectivity index (χ1n) is 7.26. The Morgan fingerprint density at radius 1 is 1.06 bits per heavy atom. The van der Waals surface area contributed by atoms with Gasteiger partial charge in [-0.25, -0.2) is 4.98 Å². The molecular weight excluding hydrogens is 222 g/mol. The Morgan fingerprint density at radius 3 is 2.50 bits per heavy atom. The zero-order valence-corrected chi connectivity index (χ0v) is 11.3. The highest BCUT2D eigenvalue weighted by molar-refractivity contribution is 5.40. The molecule has 1 atom stereocenters. The summed E-state index contributed by atoms with van der Waals surface area (Å²) in [5.74, 6) is 1.16. The molecule has 2 fully saturated rings. The molecule has 0 aliphatic carbocycles. The van der Waals surface area contributed by atoms with Gasteiger partial charge in [-0.1, -0.05) is 12.5 Å². The maximum Gasteiger partial charge on any atom is 0.128 e. The van der Waals surface area contributed by atoms with E-state index >= 15 is 0 Å². The molecule has 0 radical (unpaired) electrons. The molecule has 18 heavy (non-hydrogen) atoms. The second-order valence-corrected chi connectivity index (χ2v) is 5.64. The van der Waals surface area contributed by atoms with Gasteiger partial charge in [-0.3, -0.25) is 4.90 Å². The van der Waals surface area contributed by atoms with Crippen LogP contribution < -0.4 is 4.90 Å². The van der Waals surface area contributed by atoms with Gasteiger partial charge in [0.05, 0.1) is 0 Å². The maximum absolute atomic E-state index is 4.67. The fraction of sp³-hybridized carbons (Fsp3) is 0.667. The number of nitrogens with zero attached hydrogens (tertiary/aromatic N) is 3. The molecular formula is C15H23N3. The average Bonchev–Trinajstić information content (AvgIpc) is 2.94. The molecule has 2 saturated heterocycles. The Labute approximate surface area is 110 Å². The highest BCUT2D eigenvalue weighted by Crippen LogP contribution is 2.30. The van der Waals surface area contributed by atoms with E-state index in [4.69, 9.17) is 0 Å². The quantitative estimate of drug-likeness (QED) is 0.798. The number of likely N-dealkylation sites (tertiary alicyclic amines) is 1.